The normalized spacial score (nSPS) is 13.0. The van der Waals surface area contributed by atoms with Crippen molar-refractivity contribution in [2.24, 2.45) is 0 Å². The van der Waals surface area contributed by atoms with E-state index < -0.39 is 0 Å². The maximum atomic E-state index is 3.64. The van der Waals surface area contributed by atoms with Crippen molar-refractivity contribution in [3.63, 3.8) is 0 Å². The fourth-order valence-corrected chi connectivity index (χ4v) is 2.81. The van der Waals surface area contributed by atoms with Crippen LogP contribution in [0.2, 0.25) is 0 Å². The molecular formula is C18H33N3. The Morgan fingerprint density at radius 3 is 2.05 bits per heavy atom. The lowest BCUT2D eigenvalue weighted by Crippen LogP contribution is -2.49. The van der Waals surface area contributed by atoms with E-state index in [-0.39, 0.29) is 0 Å². The Morgan fingerprint density at radius 2 is 1.52 bits per heavy atom. The molecule has 1 atom stereocenters. The van der Waals surface area contributed by atoms with Gasteiger partial charge in [0.25, 0.3) is 0 Å². The summed E-state index contributed by atoms with van der Waals surface area (Å²) in [6, 6.07) is 11.2. The predicted molar refractivity (Wildman–Crippen MR) is 92.6 cm³/mol. The van der Waals surface area contributed by atoms with E-state index in [0.29, 0.717) is 6.04 Å². The fourth-order valence-electron chi connectivity index (χ4n) is 2.81. The molecule has 0 radical (unpaired) electrons. The molecule has 3 nitrogen and oxygen atoms in total. The minimum Gasteiger partial charge on any atom is -0.311 e. The molecule has 0 amide bonds. The molecule has 3 heteroatoms. The molecule has 0 spiro atoms. The second-order valence-corrected chi connectivity index (χ2v) is 5.48. The van der Waals surface area contributed by atoms with Gasteiger partial charge in [-0.2, -0.15) is 0 Å². The number of hydrogen-bond acceptors (Lipinski definition) is 3. The first-order valence-electron chi connectivity index (χ1n) is 8.46. The summed E-state index contributed by atoms with van der Waals surface area (Å²) in [5, 5.41) is 3.64. The lowest BCUT2D eigenvalue weighted by atomic mass is 10.2. The van der Waals surface area contributed by atoms with Crippen molar-refractivity contribution in [3.05, 3.63) is 35.9 Å². The average Bonchev–Trinajstić information content (AvgIpc) is 2.54. The highest BCUT2D eigenvalue weighted by Crippen LogP contribution is 2.03. The van der Waals surface area contributed by atoms with Gasteiger partial charge in [-0.25, -0.2) is 0 Å². The van der Waals surface area contributed by atoms with Crippen molar-refractivity contribution in [1.29, 1.82) is 0 Å². The molecule has 0 aromatic heterocycles. The molecule has 1 rings (SSSR count). The summed E-state index contributed by atoms with van der Waals surface area (Å²) in [6.45, 7) is 16.7. The van der Waals surface area contributed by atoms with Crippen LogP contribution in [0.25, 0.3) is 0 Å². The smallest absolute Gasteiger partial charge is 0.0347 e. The van der Waals surface area contributed by atoms with Gasteiger partial charge in [0.15, 0.2) is 0 Å². The van der Waals surface area contributed by atoms with E-state index in [4.69, 9.17) is 0 Å². The van der Waals surface area contributed by atoms with Crippen LogP contribution < -0.4 is 5.32 Å². The number of nitrogens with zero attached hydrogens (tertiary/aromatic N) is 2. The number of rotatable bonds is 11. The second-order valence-electron chi connectivity index (χ2n) is 5.48. The molecule has 0 bridgehead atoms. The van der Waals surface area contributed by atoms with Crippen LogP contribution in [0.3, 0.4) is 0 Å². The van der Waals surface area contributed by atoms with Gasteiger partial charge in [0.2, 0.25) is 0 Å². The quantitative estimate of drug-likeness (QED) is 0.676. The largest absolute Gasteiger partial charge is 0.311 e. The Kier molecular flexibility index (Phi) is 9.31. The molecule has 1 unspecified atom stereocenters. The predicted octanol–water partition coefficient (Wildman–Crippen LogP) is 2.83. The monoisotopic (exact) mass is 291 g/mol. The van der Waals surface area contributed by atoms with E-state index >= 15 is 0 Å². The Bertz CT molecular complexity index is 345. The average molecular weight is 291 g/mol. The highest BCUT2D eigenvalue weighted by molar-refractivity contribution is 5.14. The first kappa shape index (κ1) is 18.1. The SMILES string of the molecule is CCN(CC)CC(CNCc1ccccc1)N(CC)CC. The molecular weight excluding hydrogens is 258 g/mol. The number of benzene rings is 1. The van der Waals surface area contributed by atoms with E-state index in [1.165, 1.54) is 5.56 Å². The summed E-state index contributed by atoms with van der Waals surface area (Å²) in [5.74, 6) is 0. The Morgan fingerprint density at radius 1 is 0.905 bits per heavy atom. The van der Waals surface area contributed by atoms with Crippen LogP contribution in [0.1, 0.15) is 33.3 Å². The molecule has 21 heavy (non-hydrogen) atoms. The van der Waals surface area contributed by atoms with E-state index in [1.807, 2.05) is 0 Å². The van der Waals surface area contributed by atoms with E-state index in [2.05, 4.69) is 73.1 Å². The zero-order valence-corrected chi connectivity index (χ0v) is 14.3. The summed E-state index contributed by atoms with van der Waals surface area (Å²) in [4.78, 5) is 5.09. The standard InChI is InChI=1S/C18H33N3/c1-5-20(6-2)16-18(21(7-3)8-4)15-19-14-17-12-10-9-11-13-17/h9-13,18-19H,5-8,14-16H2,1-4H3. The Hall–Kier alpha value is -0.900. The molecule has 1 aromatic carbocycles. The molecule has 1 aromatic rings. The van der Waals surface area contributed by atoms with Gasteiger partial charge >= 0.3 is 0 Å². The van der Waals surface area contributed by atoms with Crippen LogP contribution in [-0.2, 0) is 6.54 Å². The second kappa shape index (κ2) is 10.8. The van der Waals surface area contributed by atoms with Crippen molar-refractivity contribution in [3.8, 4) is 0 Å². The van der Waals surface area contributed by atoms with Crippen LogP contribution in [0.4, 0.5) is 0 Å². The lowest BCUT2D eigenvalue weighted by molar-refractivity contribution is 0.152. The summed E-state index contributed by atoms with van der Waals surface area (Å²) in [6.07, 6.45) is 0. The van der Waals surface area contributed by atoms with Gasteiger partial charge in [-0.15, -0.1) is 0 Å². The molecule has 0 fully saturated rings. The van der Waals surface area contributed by atoms with Crippen LogP contribution in [0, 0.1) is 0 Å². The van der Waals surface area contributed by atoms with Gasteiger partial charge in [-0.1, -0.05) is 58.0 Å². The van der Waals surface area contributed by atoms with Crippen LogP contribution >= 0.6 is 0 Å². The zero-order valence-electron chi connectivity index (χ0n) is 14.3. The molecule has 0 saturated carbocycles. The Labute approximate surface area is 131 Å². The zero-order chi connectivity index (χ0) is 15.5. The topological polar surface area (TPSA) is 18.5 Å². The maximum Gasteiger partial charge on any atom is 0.0347 e. The van der Waals surface area contributed by atoms with Crippen LogP contribution in [0.15, 0.2) is 30.3 Å². The molecule has 120 valence electrons. The van der Waals surface area contributed by atoms with Gasteiger partial charge < -0.3 is 10.2 Å². The highest BCUT2D eigenvalue weighted by Gasteiger charge is 2.17. The van der Waals surface area contributed by atoms with E-state index in [1.54, 1.807) is 0 Å². The van der Waals surface area contributed by atoms with Gasteiger partial charge in [0, 0.05) is 25.7 Å². The summed E-state index contributed by atoms with van der Waals surface area (Å²) in [7, 11) is 0. The number of likely N-dealkylation sites (N-methyl/N-ethyl adjacent to an activating group) is 2. The molecule has 0 aliphatic heterocycles. The third-order valence-corrected chi connectivity index (χ3v) is 4.24. The first-order chi connectivity index (χ1) is 10.2. The third kappa shape index (κ3) is 6.60. The molecule has 0 aliphatic carbocycles. The minimum absolute atomic E-state index is 0.587. The van der Waals surface area contributed by atoms with Crippen LogP contribution in [0.5, 0.6) is 0 Å². The Balaban J connectivity index is 2.51. The minimum atomic E-state index is 0.587. The van der Waals surface area contributed by atoms with Gasteiger partial charge in [0.05, 0.1) is 0 Å². The maximum absolute atomic E-state index is 3.64. The third-order valence-electron chi connectivity index (χ3n) is 4.24. The van der Waals surface area contributed by atoms with Crippen molar-refractivity contribution in [1.82, 2.24) is 15.1 Å². The molecule has 0 heterocycles. The molecule has 0 saturated heterocycles. The fraction of sp³-hybridized carbons (Fsp3) is 0.667. The lowest BCUT2D eigenvalue weighted by Gasteiger charge is -2.34. The van der Waals surface area contributed by atoms with Crippen molar-refractivity contribution in [2.45, 2.75) is 40.3 Å². The van der Waals surface area contributed by atoms with Crippen molar-refractivity contribution >= 4 is 0 Å². The first-order valence-corrected chi connectivity index (χ1v) is 8.46. The summed E-state index contributed by atoms with van der Waals surface area (Å²) >= 11 is 0. The van der Waals surface area contributed by atoms with E-state index in [9.17, 15) is 0 Å². The number of hydrogen-bond donors (Lipinski definition) is 1. The van der Waals surface area contributed by atoms with Crippen molar-refractivity contribution in [2.75, 3.05) is 39.3 Å². The summed E-state index contributed by atoms with van der Waals surface area (Å²) < 4.78 is 0. The molecule has 1 N–H and O–H groups in total. The highest BCUT2D eigenvalue weighted by atomic mass is 15.2. The van der Waals surface area contributed by atoms with Gasteiger partial charge in [0.1, 0.15) is 0 Å². The van der Waals surface area contributed by atoms with Crippen LogP contribution in [-0.4, -0.2) is 55.1 Å². The summed E-state index contributed by atoms with van der Waals surface area (Å²) in [5.41, 5.74) is 1.36. The van der Waals surface area contributed by atoms with Crippen molar-refractivity contribution < 1.29 is 0 Å². The number of nitrogens with one attached hydrogen (secondary N) is 1. The van der Waals surface area contributed by atoms with Gasteiger partial charge in [-0.05, 0) is 31.7 Å². The van der Waals surface area contributed by atoms with E-state index in [0.717, 1.165) is 45.8 Å². The molecule has 0 aliphatic rings. The van der Waals surface area contributed by atoms with Gasteiger partial charge in [-0.3, -0.25) is 4.90 Å².